The van der Waals surface area contributed by atoms with Crippen LogP contribution in [0.3, 0.4) is 0 Å². The third kappa shape index (κ3) is 2.62. The van der Waals surface area contributed by atoms with E-state index >= 15 is 0 Å². The monoisotopic (exact) mass is 299 g/mol. The van der Waals surface area contributed by atoms with Gasteiger partial charge in [0.25, 0.3) is 5.91 Å². The van der Waals surface area contributed by atoms with E-state index in [-0.39, 0.29) is 17.4 Å². The maximum absolute atomic E-state index is 12.4. The van der Waals surface area contributed by atoms with E-state index in [0.717, 1.165) is 6.42 Å². The first kappa shape index (κ1) is 14.4. The average molecular weight is 299 g/mol. The lowest BCUT2D eigenvalue weighted by Crippen LogP contribution is -2.28. The fourth-order valence-electron chi connectivity index (χ4n) is 2.97. The number of likely N-dealkylation sites (tertiary alicyclic amines) is 1. The van der Waals surface area contributed by atoms with Crippen molar-refractivity contribution in [2.75, 3.05) is 13.1 Å². The number of benzene rings is 1. The van der Waals surface area contributed by atoms with Gasteiger partial charge in [-0.2, -0.15) is 0 Å². The summed E-state index contributed by atoms with van der Waals surface area (Å²) in [5.74, 6) is -1.22. The van der Waals surface area contributed by atoms with Gasteiger partial charge in [0.15, 0.2) is 5.76 Å². The number of hydrogen-bond donors (Lipinski definition) is 1. The van der Waals surface area contributed by atoms with Crippen LogP contribution < -0.4 is 0 Å². The van der Waals surface area contributed by atoms with Gasteiger partial charge < -0.3 is 14.4 Å². The molecule has 1 unspecified atom stereocenters. The summed E-state index contributed by atoms with van der Waals surface area (Å²) in [6.45, 7) is 3.36. The molecular weight excluding hydrogens is 282 g/mol. The molecule has 1 aliphatic heterocycles. The zero-order valence-corrected chi connectivity index (χ0v) is 12.3. The molecule has 22 heavy (non-hydrogen) atoms. The second-order valence-electron chi connectivity index (χ2n) is 5.56. The van der Waals surface area contributed by atoms with Gasteiger partial charge in [-0.05, 0) is 36.6 Å². The van der Waals surface area contributed by atoms with Crippen molar-refractivity contribution in [3.8, 4) is 0 Å². The van der Waals surface area contributed by atoms with Crippen LogP contribution in [0.15, 0.2) is 40.8 Å². The molecule has 1 aromatic carbocycles. The molecule has 0 bridgehead atoms. The van der Waals surface area contributed by atoms with Gasteiger partial charge in [0.05, 0.1) is 0 Å². The Bertz CT molecular complexity index is 719. The predicted octanol–water partition coefficient (Wildman–Crippen LogP) is 2.92. The van der Waals surface area contributed by atoms with Crippen molar-refractivity contribution >= 4 is 11.9 Å². The van der Waals surface area contributed by atoms with E-state index in [0.29, 0.717) is 19.0 Å². The number of aromatic carboxylic acids is 1. The van der Waals surface area contributed by atoms with Gasteiger partial charge in [0, 0.05) is 19.0 Å². The Morgan fingerprint density at radius 1 is 1.18 bits per heavy atom. The third-order valence-electron chi connectivity index (χ3n) is 4.13. The summed E-state index contributed by atoms with van der Waals surface area (Å²) < 4.78 is 5.09. The molecule has 2 heterocycles. The van der Waals surface area contributed by atoms with Crippen molar-refractivity contribution in [2.45, 2.75) is 19.3 Å². The lowest BCUT2D eigenvalue weighted by Gasteiger charge is -2.16. The van der Waals surface area contributed by atoms with E-state index < -0.39 is 5.97 Å². The molecule has 0 saturated carbocycles. The Kier molecular flexibility index (Phi) is 3.71. The molecule has 1 atom stereocenters. The lowest BCUT2D eigenvalue weighted by molar-refractivity contribution is 0.0653. The number of carboxylic acids is 1. The van der Waals surface area contributed by atoms with Crippen LogP contribution in [0.5, 0.6) is 0 Å². The summed E-state index contributed by atoms with van der Waals surface area (Å²) in [7, 11) is 0. The van der Waals surface area contributed by atoms with Gasteiger partial charge in [-0.25, -0.2) is 4.79 Å². The summed E-state index contributed by atoms with van der Waals surface area (Å²) in [6.07, 6.45) is 0.906. The number of carbonyl (C=O) groups is 2. The van der Waals surface area contributed by atoms with E-state index in [2.05, 4.69) is 19.1 Å². The Morgan fingerprint density at radius 3 is 2.59 bits per heavy atom. The number of nitrogens with zero attached hydrogens (tertiary/aromatic N) is 1. The molecule has 1 amide bonds. The maximum Gasteiger partial charge on any atom is 0.371 e. The standard InChI is InChI=1S/C17H17NO4/c1-11-4-2-3-5-13(11)12-8-9-18(10-12)16(19)14-6-7-15(22-14)17(20)21/h2-7,12H,8-10H2,1H3,(H,20,21). The molecule has 2 aromatic rings. The van der Waals surface area contributed by atoms with Crippen LogP contribution in [0.4, 0.5) is 0 Å². The fourth-order valence-corrected chi connectivity index (χ4v) is 2.97. The minimum Gasteiger partial charge on any atom is -0.475 e. The normalized spacial score (nSPS) is 17.7. The maximum atomic E-state index is 12.4. The fraction of sp³-hybridized carbons (Fsp3) is 0.294. The number of rotatable bonds is 3. The van der Waals surface area contributed by atoms with Crippen LogP contribution in [0.2, 0.25) is 0 Å². The first-order valence-electron chi connectivity index (χ1n) is 7.24. The topological polar surface area (TPSA) is 70.8 Å². The predicted molar refractivity (Wildman–Crippen MR) is 80.1 cm³/mol. The van der Waals surface area contributed by atoms with Crippen LogP contribution >= 0.6 is 0 Å². The molecular formula is C17H17NO4. The molecule has 1 saturated heterocycles. The Hall–Kier alpha value is -2.56. The molecule has 0 spiro atoms. The third-order valence-corrected chi connectivity index (χ3v) is 4.13. The number of carboxylic acid groups (broad SMARTS) is 1. The summed E-state index contributed by atoms with van der Waals surface area (Å²) in [4.78, 5) is 24.9. The number of aryl methyl sites for hydroxylation is 1. The zero-order chi connectivity index (χ0) is 15.7. The molecule has 114 valence electrons. The van der Waals surface area contributed by atoms with Crippen molar-refractivity contribution in [1.29, 1.82) is 0 Å². The zero-order valence-electron chi connectivity index (χ0n) is 12.3. The highest BCUT2D eigenvalue weighted by molar-refractivity contribution is 5.93. The van der Waals surface area contributed by atoms with Gasteiger partial charge in [-0.1, -0.05) is 24.3 Å². The average Bonchev–Trinajstić information content (AvgIpc) is 3.17. The van der Waals surface area contributed by atoms with Gasteiger partial charge in [0.1, 0.15) is 0 Å². The van der Waals surface area contributed by atoms with Crippen molar-refractivity contribution in [1.82, 2.24) is 4.90 Å². The van der Waals surface area contributed by atoms with E-state index in [4.69, 9.17) is 9.52 Å². The molecule has 1 aliphatic rings. The molecule has 1 fully saturated rings. The van der Waals surface area contributed by atoms with Crippen molar-refractivity contribution in [3.63, 3.8) is 0 Å². The Morgan fingerprint density at radius 2 is 1.91 bits per heavy atom. The summed E-state index contributed by atoms with van der Waals surface area (Å²) in [6, 6.07) is 10.9. The second-order valence-corrected chi connectivity index (χ2v) is 5.56. The first-order chi connectivity index (χ1) is 10.6. The molecule has 3 rings (SSSR count). The molecule has 1 aromatic heterocycles. The van der Waals surface area contributed by atoms with E-state index in [1.165, 1.54) is 23.3 Å². The number of furan rings is 1. The van der Waals surface area contributed by atoms with Crippen LogP contribution in [0.1, 0.15) is 44.6 Å². The minimum absolute atomic E-state index is 0.0860. The van der Waals surface area contributed by atoms with Crippen LogP contribution in [-0.4, -0.2) is 35.0 Å². The quantitative estimate of drug-likeness (QED) is 0.946. The second kappa shape index (κ2) is 5.67. The van der Waals surface area contributed by atoms with Crippen molar-refractivity contribution in [3.05, 3.63) is 59.0 Å². The Balaban J connectivity index is 1.73. The highest BCUT2D eigenvalue weighted by Crippen LogP contribution is 2.30. The molecule has 1 N–H and O–H groups in total. The number of amides is 1. The summed E-state index contributed by atoms with van der Waals surface area (Å²) >= 11 is 0. The first-order valence-corrected chi connectivity index (χ1v) is 7.24. The SMILES string of the molecule is Cc1ccccc1C1CCN(C(=O)c2ccc(C(=O)O)o2)C1. The number of carbonyl (C=O) groups excluding carboxylic acids is 1. The van der Waals surface area contributed by atoms with E-state index in [1.807, 2.05) is 12.1 Å². The van der Waals surface area contributed by atoms with Gasteiger partial charge >= 0.3 is 5.97 Å². The molecule has 0 aliphatic carbocycles. The van der Waals surface area contributed by atoms with Crippen LogP contribution in [-0.2, 0) is 0 Å². The molecule has 5 heteroatoms. The Labute approximate surface area is 128 Å². The summed E-state index contributed by atoms with van der Waals surface area (Å²) in [5, 5.41) is 8.85. The number of hydrogen-bond acceptors (Lipinski definition) is 3. The molecule has 5 nitrogen and oxygen atoms in total. The summed E-state index contributed by atoms with van der Waals surface area (Å²) in [5.41, 5.74) is 2.50. The van der Waals surface area contributed by atoms with Crippen LogP contribution in [0.25, 0.3) is 0 Å². The highest BCUT2D eigenvalue weighted by atomic mass is 16.4. The van der Waals surface area contributed by atoms with Gasteiger partial charge in [-0.15, -0.1) is 0 Å². The molecule has 0 radical (unpaired) electrons. The van der Waals surface area contributed by atoms with E-state index in [1.54, 1.807) is 4.90 Å². The van der Waals surface area contributed by atoms with Crippen molar-refractivity contribution in [2.24, 2.45) is 0 Å². The smallest absolute Gasteiger partial charge is 0.371 e. The lowest BCUT2D eigenvalue weighted by atomic mass is 9.94. The van der Waals surface area contributed by atoms with Gasteiger partial charge in [-0.3, -0.25) is 4.79 Å². The van der Waals surface area contributed by atoms with Crippen molar-refractivity contribution < 1.29 is 19.1 Å². The van der Waals surface area contributed by atoms with E-state index in [9.17, 15) is 9.59 Å². The minimum atomic E-state index is -1.17. The largest absolute Gasteiger partial charge is 0.475 e. The highest BCUT2D eigenvalue weighted by Gasteiger charge is 2.30. The van der Waals surface area contributed by atoms with Crippen LogP contribution in [0, 0.1) is 6.92 Å². The van der Waals surface area contributed by atoms with Gasteiger partial charge in [0.2, 0.25) is 5.76 Å².